The fourth-order valence-electron chi connectivity index (χ4n) is 2.27. The molecule has 19 heavy (non-hydrogen) atoms. The second-order valence-electron chi connectivity index (χ2n) is 4.38. The molecule has 0 unspecified atom stereocenters. The summed E-state index contributed by atoms with van der Waals surface area (Å²) in [6, 6.07) is 5.41. The second-order valence-corrected chi connectivity index (χ2v) is 4.38. The first-order valence-corrected chi connectivity index (χ1v) is 6.35. The molecule has 1 aromatic carbocycles. The van der Waals surface area contributed by atoms with E-state index in [1.54, 1.807) is 30.2 Å². The molecule has 0 aromatic heterocycles. The number of nitrogens with zero attached hydrogens (tertiary/aromatic N) is 1. The number of carbonyl (C=O) groups is 2. The number of carbonyl (C=O) groups excluding carboxylic acids is 2. The summed E-state index contributed by atoms with van der Waals surface area (Å²) in [5.74, 6) is 0.635. The van der Waals surface area contributed by atoms with E-state index in [1.807, 2.05) is 13.0 Å². The summed E-state index contributed by atoms with van der Waals surface area (Å²) in [5.41, 5.74) is 2.08. The number of amides is 1. The van der Waals surface area contributed by atoms with Crippen LogP contribution in [0.5, 0.6) is 5.75 Å². The van der Waals surface area contributed by atoms with Gasteiger partial charge < -0.3 is 9.64 Å². The molecule has 1 aliphatic rings. The summed E-state index contributed by atoms with van der Waals surface area (Å²) in [7, 11) is 1.60. The molecule has 0 radical (unpaired) electrons. The SMILES string of the molecule is CCC=C(C=O)N1CCc2cc(OC)ccc2C1=O. The van der Waals surface area contributed by atoms with Crippen LogP contribution in [0.4, 0.5) is 0 Å². The van der Waals surface area contributed by atoms with Gasteiger partial charge in [-0.05, 0) is 36.6 Å². The van der Waals surface area contributed by atoms with E-state index < -0.39 is 0 Å². The topological polar surface area (TPSA) is 46.6 Å². The number of aldehydes is 1. The summed E-state index contributed by atoms with van der Waals surface area (Å²) >= 11 is 0. The third-order valence-corrected chi connectivity index (χ3v) is 3.24. The Balaban J connectivity index is 2.34. The average Bonchev–Trinajstić information content (AvgIpc) is 2.45. The Kier molecular flexibility index (Phi) is 4.00. The maximum atomic E-state index is 12.4. The molecule has 0 fully saturated rings. The number of ether oxygens (including phenoxy) is 1. The van der Waals surface area contributed by atoms with Gasteiger partial charge in [-0.2, -0.15) is 0 Å². The molecule has 0 bridgehead atoms. The van der Waals surface area contributed by atoms with Crippen LogP contribution in [-0.4, -0.2) is 30.7 Å². The number of methoxy groups -OCH3 is 1. The van der Waals surface area contributed by atoms with Crippen LogP contribution >= 0.6 is 0 Å². The first kappa shape index (κ1) is 13.3. The van der Waals surface area contributed by atoms with E-state index in [0.717, 1.165) is 30.4 Å². The summed E-state index contributed by atoms with van der Waals surface area (Å²) in [5, 5.41) is 0. The third kappa shape index (κ3) is 2.52. The molecular formula is C15H17NO3. The number of allylic oxidation sites excluding steroid dienone is 2. The van der Waals surface area contributed by atoms with Crippen LogP contribution < -0.4 is 4.74 Å². The van der Waals surface area contributed by atoms with Crippen molar-refractivity contribution < 1.29 is 14.3 Å². The molecule has 2 rings (SSSR count). The highest BCUT2D eigenvalue weighted by atomic mass is 16.5. The highest BCUT2D eigenvalue weighted by molar-refractivity contribution is 6.00. The van der Waals surface area contributed by atoms with Gasteiger partial charge >= 0.3 is 0 Å². The molecule has 1 amide bonds. The van der Waals surface area contributed by atoms with Gasteiger partial charge in [0.15, 0.2) is 6.29 Å². The lowest BCUT2D eigenvalue weighted by Crippen LogP contribution is -2.37. The van der Waals surface area contributed by atoms with Crippen molar-refractivity contribution in [2.45, 2.75) is 19.8 Å². The summed E-state index contributed by atoms with van der Waals surface area (Å²) in [6.07, 6.45) is 3.98. The maximum Gasteiger partial charge on any atom is 0.258 e. The Morgan fingerprint density at radius 1 is 1.47 bits per heavy atom. The van der Waals surface area contributed by atoms with E-state index in [9.17, 15) is 9.59 Å². The predicted octanol–water partition coefficient (Wildman–Crippen LogP) is 2.19. The van der Waals surface area contributed by atoms with E-state index in [1.165, 1.54) is 0 Å². The highest BCUT2D eigenvalue weighted by Gasteiger charge is 2.26. The fourth-order valence-corrected chi connectivity index (χ4v) is 2.27. The molecule has 0 aliphatic carbocycles. The predicted molar refractivity (Wildman–Crippen MR) is 72.2 cm³/mol. The molecule has 0 spiro atoms. The minimum Gasteiger partial charge on any atom is -0.497 e. The first-order chi connectivity index (χ1) is 9.21. The fraction of sp³-hybridized carbons (Fsp3) is 0.333. The Bertz CT molecular complexity index is 534. The third-order valence-electron chi connectivity index (χ3n) is 3.24. The van der Waals surface area contributed by atoms with Crippen LogP contribution in [0.1, 0.15) is 29.3 Å². The smallest absolute Gasteiger partial charge is 0.258 e. The van der Waals surface area contributed by atoms with Crippen molar-refractivity contribution in [2.75, 3.05) is 13.7 Å². The molecule has 4 nitrogen and oxygen atoms in total. The number of benzene rings is 1. The van der Waals surface area contributed by atoms with E-state index >= 15 is 0 Å². The molecule has 0 atom stereocenters. The maximum absolute atomic E-state index is 12.4. The molecular weight excluding hydrogens is 242 g/mol. The highest BCUT2D eigenvalue weighted by Crippen LogP contribution is 2.25. The molecule has 4 heteroatoms. The quantitative estimate of drug-likeness (QED) is 0.615. The van der Waals surface area contributed by atoms with Crippen LogP contribution in [0, 0.1) is 0 Å². The Morgan fingerprint density at radius 2 is 2.26 bits per heavy atom. The van der Waals surface area contributed by atoms with Gasteiger partial charge in [0.1, 0.15) is 5.75 Å². The van der Waals surface area contributed by atoms with Crippen LogP contribution in [0.25, 0.3) is 0 Å². The van der Waals surface area contributed by atoms with Crippen molar-refractivity contribution >= 4 is 12.2 Å². The molecule has 0 N–H and O–H groups in total. The van der Waals surface area contributed by atoms with Crippen molar-refractivity contribution in [3.63, 3.8) is 0 Å². The van der Waals surface area contributed by atoms with E-state index in [0.29, 0.717) is 17.8 Å². The van der Waals surface area contributed by atoms with Gasteiger partial charge in [-0.1, -0.05) is 13.0 Å². The van der Waals surface area contributed by atoms with Gasteiger partial charge in [0.05, 0.1) is 12.8 Å². The number of rotatable bonds is 4. The van der Waals surface area contributed by atoms with E-state index in [4.69, 9.17) is 4.74 Å². The van der Waals surface area contributed by atoms with Crippen LogP contribution in [0.15, 0.2) is 30.0 Å². The lowest BCUT2D eigenvalue weighted by Gasteiger charge is -2.28. The lowest BCUT2D eigenvalue weighted by atomic mass is 9.98. The molecule has 100 valence electrons. The molecule has 0 saturated carbocycles. The van der Waals surface area contributed by atoms with Gasteiger partial charge in [-0.25, -0.2) is 0 Å². The zero-order chi connectivity index (χ0) is 13.8. The van der Waals surface area contributed by atoms with Crippen molar-refractivity contribution in [3.05, 3.63) is 41.1 Å². The number of hydrogen-bond acceptors (Lipinski definition) is 3. The zero-order valence-electron chi connectivity index (χ0n) is 11.2. The Morgan fingerprint density at radius 3 is 2.89 bits per heavy atom. The molecule has 1 aliphatic heterocycles. The second kappa shape index (κ2) is 5.69. The summed E-state index contributed by atoms with van der Waals surface area (Å²) in [4.78, 5) is 25.0. The summed E-state index contributed by atoms with van der Waals surface area (Å²) < 4.78 is 5.16. The van der Waals surface area contributed by atoms with E-state index in [-0.39, 0.29) is 5.91 Å². The Labute approximate surface area is 112 Å². The van der Waals surface area contributed by atoms with Gasteiger partial charge in [0.25, 0.3) is 5.91 Å². The van der Waals surface area contributed by atoms with Crippen molar-refractivity contribution in [3.8, 4) is 5.75 Å². The van der Waals surface area contributed by atoms with Gasteiger partial charge in [0, 0.05) is 12.1 Å². The normalized spacial score (nSPS) is 15.2. The average molecular weight is 259 g/mol. The van der Waals surface area contributed by atoms with Crippen molar-refractivity contribution in [1.82, 2.24) is 4.90 Å². The molecule has 1 heterocycles. The lowest BCUT2D eigenvalue weighted by molar-refractivity contribution is -0.106. The Hall–Kier alpha value is -2.10. The molecule has 0 saturated heterocycles. The summed E-state index contributed by atoms with van der Waals surface area (Å²) in [6.45, 7) is 2.47. The standard InChI is InChI=1S/C15H17NO3/c1-3-4-12(10-17)16-8-7-11-9-13(19-2)5-6-14(11)15(16)18/h4-6,9-10H,3,7-8H2,1-2H3. The number of fused-ring (bicyclic) bond motifs is 1. The van der Waals surface area contributed by atoms with Gasteiger partial charge in [-0.3, -0.25) is 9.59 Å². The number of hydrogen-bond donors (Lipinski definition) is 0. The van der Waals surface area contributed by atoms with Gasteiger partial charge in [0.2, 0.25) is 0 Å². The zero-order valence-corrected chi connectivity index (χ0v) is 11.2. The van der Waals surface area contributed by atoms with Crippen molar-refractivity contribution in [1.29, 1.82) is 0 Å². The van der Waals surface area contributed by atoms with Crippen LogP contribution in [-0.2, 0) is 11.2 Å². The van der Waals surface area contributed by atoms with Gasteiger partial charge in [-0.15, -0.1) is 0 Å². The minimum absolute atomic E-state index is 0.115. The monoisotopic (exact) mass is 259 g/mol. The minimum atomic E-state index is -0.115. The molecule has 1 aromatic rings. The largest absolute Gasteiger partial charge is 0.497 e. The van der Waals surface area contributed by atoms with Crippen LogP contribution in [0.2, 0.25) is 0 Å². The first-order valence-electron chi connectivity index (χ1n) is 6.35. The van der Waals surface area contributed by atoms with Crippen LogP contribution in [0.3, 0.4) is 0 Å². The van der Waals surface area contributed by atoms with Crippen molar-refractivity contribution in [2.24, 2.45) is 0 Å². The van der Waals surface area contributed by atoms with E-state index in [2.05, 4.69) is 0 Å².